The Balaban J connectivity index is 2.21. The summed E-state index contributed by atoms with van der Waals surface area (Å²) in [7, 11) is 1.45. The van der Waals surface area contributed by atoms with E-state index in [1.807, 2.05) is 0 Å². The molecule has 0 saturated carbocycles. The van der Waals surface area contributed by atoms with Gasteiger partial charge >= 0.3 is 6.18 Å². The molecular formula is C14H10ClF3N2O2. The number of carbonyl (C=O) groups excluding carboxylic acids is 1. The second-order valence-corrected chi connectivity index (χ2v) is 4.65. The highest BCUT2D eigenvalue weighted by molar-refractivity contribution is 6.33. The fraction of sp³-hybridized carbons (Fsp3) is 0.143. The number of alkyl halides is 3. The number of halogens is 4. The van der Waals surface area contributed by atoms with Gasteiger partial charge in [-0.3, -0.25) is 4.79 Å². The maximum absolute atomic E-state index is 12.5. The molecule has 0 bridgehead atoms. The summed E-state index contributed by atoms with van der Waals surface area (Å²) >= 11 is 5.72. The van der Waals surface area contributed by atoms with Crippen LogP contribution in [0, 0.1) is 0 Å². The quantitative estimate of drug-likeness (QED) is 0.925. The molecule has 0 saturated heterocycles. The average Bonchev–Trinajstić information content (AvgIpc) is 2.48. The molecule has 1 aromatic heterocycles. The number of anilines is 1. The molecular weight excluding hydrogens is 321 g/mol. The van der Waals surface area contributed by atoms with Gasteiger partial charge in [-0.05, 0) is 24.3 Å². The normalized spacial score (nSPS) is 11.1. The van der Waals surface area contributed by atoms with Crippen molar-refractivity contribution in [2.45, 2.75) is 6.18 Å². The van der Waals surface area contributed by atoms with Crippen molar-refractivity contribution >= 4 is 23.3 Å². The fourth-order valence-corrected chi connectivity index (χ4v) is 1.84. The monoisotopic (exact) mass is 330 g/mol. The standard InChI is InChI=1S/C14H10ClF3N2O2/c1-22-10-4-2-3-8(5-10)13(21)20-12-11(15)6-9(7-19-12)14(16,17)18/h2-7H,1H3,(H,19,20,21). The van der Waals surface area contributed by atoms with E-state index in [2.05, 4.69) is 10.3 Å². The molecule has 0 atom stereocenters. The Bertz CT molecular complexity index is 705. The number of hydrogen-bond donors (Lipinski definition) is 1. The first-order chi connectivity index (χ1) is 10.3. The number of aromatic nitrogens is 1. The molecule has 4 nitrogen and oxygen atoms in total. The van der Waals surface area contributed by atoms with E-state index in [-0.39, 0.29) is 16.4 Å². The molecule has 0 aliphatic carbocycles. The number of amides is 1. The van der Waals surface area contributed by atoms with E-state index >= 15 is 0 Å². The van der Waals surface area contributed by atoms with E-state index in [0.29, 0.717) is 18.0 Å². The molecule has 0 radical (unpaired) electrons. The third kappa shape index (κ3) is 3.67. The zero-order valence-corrected chi connectivity index (χ0v) is 12.0. The molecule has 8 heteroatoms. The predicted octanol–water partition coefficient (Wildman–Crippen LogP) is 4.01. The van der Waals surface area contributed by atoms with Crippen LogP contribution in [0.15, 0.2) is 36.5 Å². The minimum atomic E-state index is -4.55. The SMILES string of the molecule is COc1cccc(C(=O)Nc2ncc(C(F)(F)F)cc2Cl)c1. The van der Waals surface area contributed by atoms with Gasteiger partial charge in [-0.25, -0.2) is 4.98 Å². The second kappa shape index (κ2) is 6.23. The number of ether oxygens (including phenoxy) is 1. The van der Waals surface area contributed by atoms with Crippen LogP contribution in [0.1, 0.15) is 15.9 Å². The summed E-state index contributed by atoms with van der Waals surface area (Å²) in [4.78, 5) is 15.6. The third-order valence-corrected chi connectivity index (χ3v) is 3.02. The van der Waals surface area contributed by atoms with Crippen molar-refractivity contribution in [3.05, 3.63) is 52.7 Å². The molecule has 0 aliphatic rings. The van der Waals surface area contributed by atoms with E-state index in [1.165, 1.54) is 19.2 Å². The van der Waals surface area contributed by atoms with Crippen LogP contribution < -0.4 is 10.1 Å². The second-order valence-electron chi connectivity index (χ2n) is 4.24. The molecule has 0 aliphatic heterocycles. The smallest absolute Gasteiger partial charge is 0.417 e. The highest BCUT2D eigenvalue weighted by Crippen LogP contribution is 2.32. The van der Waals surface area contributed by atoms with Crippen LogP contribution in [0.5, 0.6) is 5.75 Å². The summed E-state index contributed by atoms with van der Waals surface area (Å²) < 4.78 is 42.5. The number of benzene rings is 1. The maximum Gasteiger partial charge on any atom is 0.417 e. The van der Waals surface area contributed by atoms with Crippen LogP contribution >= 0.6 is 11.6 Å². The number of nitrogens with zero attached hydrogens (tertiary/aromatic N) is 1. The Morgan fingerprint density at radius 2 is 2.05 bits per heavy atom. The lowest BCUT2D eigenvalue weighted by molar-refractivity contribution is -0.137. The first-order valence-corrected chi connectivity index (χ1v) is 6.37. The maximum atomic E-state index is 12.5. The van der Waals surface area contributed by atoms with Gasteiger partial charge in [0.2, 0.25) is 0 Å². The van der Waals surface area contributed by atoms with Crippen LogP contribution in [0.25, 0.3) is 0 Å². The summed E-state index contributed by atoms with van der Waals surface area (Å²) in [6.45, 7) is 0. The van der Waals surface area contributed by atoms with Crippen LogP contribution in [-0.4, -0.2) is 18.0 Å². The van der Waals surface area contributed by atoms with Gasteiger partial charge in [0.15, 0.2) is 5.82 Å². The van der Waals surface area contributed by atoms with Gasteiger partial charge in [0, 0.05) is 11.8 Å². The Morgan fingerprint density at radius 1 is 1.32 bits per heavy atom. The van der Waals surface area contributed by atoms with Crippen LogP contribution in [-0.2, 0) is 6.18 Å². The summed E-state index contributed by atoms with van der Waals surface area (Å²) in [6.07, 6.45) is -3.95. The van der Waals surface area contributed by atoms with Crippen LogP contribution in [0.2, 0.25) is 5.02 Å². The van der Waals surface area contributed by atoms with Crippen molar-refractivity contribution in [3.8, 4) is 5.75 Å². The van der Waals surface area contributed by atoms with E-state index in [1.54, 1.807) is 12.1 Å². The Labute approximate surface area is 128 Å². The highest BCUT2D eigenvalue weighted by atomic mass is 35.5. The number of hydrogen-bond acceptors (Lipinski definition) is 3. The van der Waals surface area contributed by atoms with Crippen LogP contribution in [0.4, 0.5) is 19.0 Å². The topological polar surface area (TPSA) is 51.2 Å². The van der Waals surface area contributed by atoms with Crippen molar-refractivity contribution in [1.82, 2.24) is 4.98 Å². The van der Waals surface area contributed by atoms with Gasteiger partial charge in [-0.15, -0.1) is 0 Å². The zero-order chi connectivity index (χ0) is 16.3. The molecule has 2 rings (SSSR count). The van der Waals surface area contributed by atoms with E-state index in [4.69, 9.17) is 16.3 Å². The summed E-state index contributed by atoms with van der Waals surface area (Å²) in [6, 6.07) is 6.97. The van der Waals surface area contributed by atoms with Crippen molar-refractivity contribution in [3.63, 3.8) is 0 Å². The van der Waals surface area contributed by atoms with Gasteiger partial charge in [0.25, 0.3) is 5.91 Å². The molecule has 1 N–H and O–H groups in total. The van der Waals surface area contributed by atoms with Gasteiger partial charge in [-0.2, -0.15) is 13.2 Å². The van der Waals surface area contributed by atoms with Crippen molar-refractivity contribution in [1.29, 1.82) is 0 Å². The first kappa shape index (κ1) is 16.1. The number of rotatable bonds is 3. The predicted molar refractivity (Wildman–Crippen MR) is 75.2 cm³/mol. The number of nitrogens with one attached hydrogen (secondary N) is 1. The van der Waals surface area contributed by atoms with Crippen molar-refractivity contribution in [2.24, 2.45) is 0 Å². The largest absolute Gasteiger partial charge is 0.497 e. The Morgan fingerprint density at radius 3 is 2.64 bits per heavy atom. The molecule has 0 unspecified atom stereocenters. The molecule has 2 aromatic rings. The lowest BCUT2D eigenvalue weighted by atomic mass is 10.2. The number of methoxy groups -OCH3 is 1. The van der Waals surface area contributed by atoms with Gasteiger partial charge in [-0.1, -0.05) is 17.7 Å². The van der Waals surface area contributed by atoms with Crippen molar-refractivity contribution < 1.29 is 22.7 Å². The lowest BCUT2D eigenvalue weighted by Gasteiger charge is -2.10. The Hall–Kier alpha value is -2.28. The molecule has 0 spiro atoms. The highest BCUT2D eigenvalue weighted by Gasteiger charge is 2.31. The van der Waals surface area contributed by atoms with Crippen molar-refractivity contribution in [2.75, 3.05) is 12.4 Å². The summed E-state index contributed by atoms with van der Waals surface area (Å²) in [5, 5.41) is 2.05. The first-order valence-electron chi connectivity index (χ1n) is 5.99. The molecule has 1 amide bonds. The summed E-state index contributed by atoms with van der Waals surface area (Å²) in [5.41, 5.74) is -0.728. The van der Waals surface area contributed by atoms with E-state index in [9.17, 15) is 18.0 Å². The molecule has 22 heavy (non-hydrogen) atoms. The van der Waals surface area contributed by atoms with Gasteiger partial charge < -0.3 is 10.1 Å². The van der Waals surface area contributed by atoms with E-state index < -0.39 is 17.6 Å². The Kier molecular flexibility index (Phi) is 4.56. The third-order valence-electron chi connectivity index (χ3n) is 2.73. The minimum Gasteiger partial charge on any atom is -0.497 e. The fourth-order valence-electron chi connectivity index (χ4n) is 1.63. The van der Waals surface area contributed by atoms with E-state index in [0.717, 1.165) is 0 Å². The molecule has 1 aromatic carbocycles. The van der Waals surface area contributed by atoms with Crippen LogP contribution in [0.3, 0.4) is 0 Å². The molecule has 116 valence electrons. The van der Waals surface area contributed by atoms with Gasteiger partial charge in [0.1, 0.15) is 5.75 Å². The summed E-state index contributed by atoms with van der Waals surface area (Å²) in [5.74, 6) is -0.241. The molecule has 0 fully saturated rings. The minimum absolute atomic E-state index is 0.150. The number of carbonyl (C=O) groups is 1. The zero-order valence-electron chi connectivity index (χ0n) is 11.2. The van der Waals surface area contributed by atoms with Gasteiger partial charge in [0.05, 0.1) is 17.7 Å². The molecule has 1 heterocycles. The average molecular weight is 331 g/mol. The lowest BCUT2D eigenvalue weighted by Crippen LogP contribution is -2.14. The number of pyridine rings is 1.